The van der Waals surface area contributed by atoms with E-state index in [1.165, 1.54) is 12.1 Å². The zero-order chi connectivity index (χ0) is 34.2. The number of carbonyl (C=O) groups is 2. The molecule has 2 N–H and O–H groups in total. The fourth-order valence-electron chi connectivity index (χ4n) is 4.92. The van der Waals surface area contributed by atoms with Crippen LogP contribution in [-0.2, 0) is 0 Å². The SMILES string of the molecule is CN(C)C.CNC(=O)c1c(-c2ccc(F)cc2)oc2cc(NC)c(-c3ccc(OC)c(-c4nc5cc(C=O)ccc5o4)c3)cc12.CS. The molecule has 47 heavy (non-hydrogen) atoms. The third kappa shape index (κ3) is 7.48. The summed E-state index contributed by atoms with van der Waals surface area (Å²) >= 11 is 3.53. The zero-order valence-electron chi connectivity index (χ0n) is 27.3. The van der Waals surface area contributed by atoms with Gasteiger partial charge in [-0.1, -0.05) is 6.07 Å². The number of nitrogens with zero attached hydrogens (tertiary/aromatic N) is 2. The summed E-state index contributed by atoms with van der Waals surface area (Å²) in [6.07, 6.45) is 2.45. The smallest absolute Gasteiger partial charge is 0.255 e. The summed E-state index contributed by atoms with van der Waals surface area (Å²) in [7, 11) is 10.9. The predicted molar refractivity (Wildman–Crippen MR) is 189 cm³/mol. The first-order valence-corrected chi connectivity index (χ1v) is 15.4. The average molecular weight is 657 g/mol. The number of ether oxygens (including phenoxy) is 1. The molecule has 0 spiro atoms. The first-order valence-electron chi connectivity index (χ1n) is 14.5. The lowest BCUT2D eigenvalue weighted by atomic mass is 9.97. The van der Waals surface area contributed by atoms with Gasteiger partial charge in [-0.15, -0.1) is 0 Å². The van der Waals surface area contributed by atoms with Crippen LogP contribution >= 0.6 is 12.6 Å². The van der Waals surface area contributed by atoms with Gasteiger partial charge < -0.3 is 29.1 Å². The minimum Gasteiger partial charge on any atom is -0.496 e. The Balaban J connectivity index is 0.000000776. The summed E-state index contributed by atoms with van der Waals surface area (Å²) in [4.78, 5) is 30.9. The largest absolute Gasteiger partial charge is 0.496 e. The number of aldehydes is 1. The number of carbonyl (C=O) groups excluding carboxylic acids is 2. The molecule has 4 aromatic carbocycles. The van der Waals surface area contributed by atoms with E-state index in [1.54, 1.807) is 57.8 Å². The molecule has 244 valence electrons. The molecule has 6 rings (SSSR count). The monoisotopic (exact) mass is 656 g/mol. The molecule has 11 heteroatoms. The Morgan fingerprint density at radius 1 is 0.894 bits per heavy atom. The van der Waals surface area contributed by atoms with Crippen LogP contribution in [0.4, 0.5) is 10.1 Å². The molecular formula is C36H37FN4O5S. The molecule has 0 fully saturated rings. The van der Waals surface area contributed by atoms with E-state index >= 15 is 0 Å². The van der Waals surface area contributed by atoms with E-state index in [9.17, 15) is 14.0 Å². The second-order valence-corrected chi connectivity index (χ2v) is 10.7. The number of oxazole rings is 1. The third-order valence-corrected chi connectivity index (χ3v) is 6.95. The summed E-state index contributed by atoms with van der Waals surface area (Å²) in [5, 5.41) is 6.50. The highest BCUT2D eigenvalue weighted by Gasteiger charge is 2.24. The molecule has 2 aromatic heterocycles. The molecule has 0 aliphatic carbocycles. The van der Waals surface area contributed by atoms with Gasteiger partial charge >= 0.3 is 0 Å². The molecule has 0 aliphatic heterocycles. The fraction of sp³-hybridized carbons (Fsp3) is 0.194. The molecule has 0 aliphatic rings. The Hall–Kier alpha value is -5.13. The number of rotatable bonds is 7. The normalized spacial score (nSPS) is 10.6. The Labute approximate surface area is 278 Å². The van der Waals surface area contributed by atoms with Crippen LogP contribution in [-0.4, -0.2) is 70.7 Å². The molecule has 9 nitrogen and oxygen atoms in total. The first-order chi connectivity index (χ1) is 22.7. The number of amides is 1. The van der Waals surface area contributed by atoms with Gasteiger partial charge in [0.2, 0.25) is 5.89 Å². The van der Waals surface area contributed by atoms with Gasteiger partial charge in [0.1, 0.15) is 34.7 Å². The number of aromatic nitrogens is 1. The van der Waals surface area contributed by atoms with Crippen LogP contribution in [0.15, 0.2) is 81.6 Å². The molecule has 0 unspecified atom stereocenters. The number of furan rings is 1. The van der Waals surface area contributed by atoms with E-state index in [0.717, 1.165) is 23.1 Å². The number of benzene rings is 4. The van der Waals surface area contributed by atoms with Crippen LogP contribution in [0.3, 0.4) is 0 Å². The number of nitrogens with one attached hydrogen (secondary N) is 2. The predicted octanol–water partition coefficient (Wildman–Crippen LogP) is 7.66. The quantitative estimate of drug-likeness (QED) is 0.119. The molecule has 0 radical (unpaired) electrons. The second-order valence-electron chi connectivity index (χ2n) is 10.7. The molecule has 0 saturated heterocycles. The summed E-state index contributed by atoms with van der Waals surface area (Å²) in [6.45, 7) is 0. The number of anilines is 1. The van der Waals surface area contributed by atoms with Gasteiger partial charge in [-0.25, -0.2) is 9.37 Å². The number of methoxy groups -OCH3 is 1. The van der Waals surface area contributed by atoms with Crippen LogP contribution in [0.2, 0.25) is 0 Å². The van der Waals surface area contributed by atoms with Crippen molar-refractivity contribution in [2.24, 2.45) is 0 Å². The highest BCUT2D eigenvalue weighted by molar-refractivity contribution is 7.79. The Kier molecular flexibility index (Phi) is 11.4. The number of thiol groups is 1. The van der Waals surface area contributed by atoms with Crippen molar-refractivity contribution in [1.82, 2.24) is 15.2 Å². The van der Waals surface area contributed by atoms with Crippen molar-refractivity contribution in [3.8, 4) is 39.7 Å². The number of hydrogen-bond acceptors (Lipinski definition) is 9. The summed E-state index contributed by atoms with van der Waals surface area (Å²) in [6, 6.07) is 20.2. The molecular weight excluding hydrogens is 619 g/mol. The van der Waals surface area contributed by atoms with Crippen LogP contribution in [0, 0.1) is 5.82 Å². The van der Waals surface area contributed by atoms with Crippen molar-refractivity contribution in [3.05, 3.63) is 89.7 Å². The summed E-state index contributed by atoms with van der Waals surface area (Å²) in [5.74, 6) is 0.514. The number of halogens is 1. The van der Waals surface area contributed by atoms with E-state index in [-0.39, 0.29) is 11.7 Å². The van der Waals surface area contributed by atoms with Gasteiger partial charge in [-0.05, 0) is 93.6 Å². The minimum atomic E-state index is -0.385. The molecule has 0 bridgehead atoms. The van der Waals surface area contributed by atoms with Crippen LogP contribution < -0.4 is 15.4 Å². The van der Waals surface area contributed by atoms with Crippen molar-refractivity contribution < 1.29 is 27.6 Å². The second kappa shape index (κ2) is 15.4. The molecule has 2 heterocycles. The zero-order valence-corrected chi connectivity index (χ0v) is 28.2. The van der Waals surface area contributed by atoms with Crippen LogP contribution in [0.5, 0.6) is 5.75 Å². The fourth-order valence-corrected chi connectivity index (χ4v) is 4.92. The highest BCUT2D eigenvalue weighted by Crippen LogP contribution is 2.42. The van der Waals surface area contributed by atoms with E-state index < -0.39 is 0 Å². The lowest BCUT2D eigenvalue weighted by Gasteiger charge is -2.13. The maximum absolute atomic E-state index is 13.6. The van der Waals surface area contributed by atoms with Crippen molar-refractivity contribution in [3.63, 3.8) is 0 Å². The van der Waals surface area contributed by atoms with E-state index in [4.69, 9.17) is 13.6 Å². The van der Waals surface area contributed by atoms with Crippen LogP contribution in [0.25, 0.3) is 56.0 Å². The van der Waals surface area contributed by atoms with Crippen molar-refractivity contribution in [2.45, 2.75) is 0 Å². The van der Waals surface area contributed by atoms with E-state index in [1.807, 2.05) is 56.4 Å². The van der Waals surface area contributed by atoms with Gasteiger partial charge in [-0.3, -0.25) is 9.59 Å². The summed E-state index contributed by atoms with van der Waals surface area (Å²) < 4.78 is 31.4. The van der Waals surface area contributed by atoms with Gasteiger partial charge in [0.15, 0.2) is 5.58 Å². The standard InChI is InChI=1S/C32H24FN3O5.C3H9N.CH4S/c1-34-24-15-28-22(29(31(38)35-2)30(40-28)18-5-8-20(33)9-6-18)14-21(24)19-7-11-26(39-3)23(13-19)32-36-25-12-17(16-37)4-10-27(25)41-32;1-4(2)3;1-2/h4-16,34H,1-3H3,(H,35,38);1-3H3;2H,1H3. The molecule has 6 aromatic rings. The topological polar surface area (TPSA) is 110 Å². The molecule has 0 saturated carbocycles. The maximum atomic E-state index is 13.6. The van der Waals surface area contributed by atoms with Crippen molar-refractivity contribution in [1.29, 1.82) is 0 Å². The minimum absolute atomic E-state index is 0.331. The van der Waals surface area contributed by atoms with Crippen LogP contribution in [0.1, 0.15) is 20.7 Å². The molecule has 1 amide bonds. The Morgan fingerprint density at radius 3 is 2.19 bits per heavy atom. The van der Waals surface area contributed by atoms with Gasteiger partial charge in [0.25, 0.3) is 5.91 Å². The number of fused-ring (bicyclic) bond motifs is 2. The average Bonchev–Trinajstić information content (AvgIpc) is 3.69. The van der Waals surface area contributed by atoms with Gasteiger partial charge in [-0.2, -0.15) is 12.6 Å². The van der Waals surface area contributed by atoms with Crippen molar-refractivity contribution in [2.75, 3.05) is 53.9 Å². The van der Waals surface area contributed by atoms with Gasteiger partial charge in [0.05, 0.1) is 18.2 Å². The van der Waals surface area contributed by atoms with E-state index in [0.29, 0.717) is 61.7 Å². The maximum Gasteiger partial charge on any atom is 0.255 e. The summed E-state index contributed by atoms with van der Waals surface area (Å²) in [5.41, 5.74) is 5.97. The Morgan fingerprint density at radius 2 is 1.57 bits per heavy atom. The lowest BCUT2D eigenvalue weighted by Crippen LogP contribution is -2.18. The lowest BCUT2D eigenvalue weighted by molar-refractivity contribution is 0.0964. The molecule has 0 atom stereocenters. The van der Waals surface area contributed by atoms with Crippen molar-refractivity contribution >= 4 is 52.6 Å². The Bertz CT molecular complexity index is 2020. The first kappa shape index (κ1) is 34.7. The number of hydrogen-bond donors (Lipinski definition) is 3. The third-order valence-electron chi connectivity index (χ3n) is 6.95. The van der Waals surface area contributed by atoms with E-state index in [2.05, 4.69) is 28.2 Å². The van der Waals surface area contributed by atoms with Gasteiger partial charge in [0, 0.05) is 47.9 Å². The highest BCUT2D eigenvalue weighted by atomic mass is 32.1.